The smallest absolute Gasteiger partial charge is 0.309 e. The molecule has 0 aromatic carbocycles. The van der Waals surface area contributed by atoms with Crippen LogP contribution in [0.25, 0.3) is 0 Å². The van der Waals surface area contributed by atoms with E-state index in [-0.39, 0.29) is 5.97 Å². The first-order valence-electron chi connectivity index (χ1n) is 3.64. The molecule has 0 saturated heterocycles. The van der Waals surface area contributed by atoms with Gasteiger partial charge in [0.25, 0.3) is 0 Å². The number of hydrogen-bond acceptors (Lipinski definition) is 2. The van der Waals surface area contributed by atoms with Crippen molar-refractivity contribution in [1.29, 1.82) is 0 Å². The molecule has 62 valence electrons. The topological polar surface area (TPSA) is 26.3 Å². The molecule has 0 unspecified atom stereocenters. The molecule has 0 spiro atoms. The number of ether oxygens (including phenoxy) is 1. The summed E-state index contributed by atoms with van der Waals surface area (Å²) in [4.78, 5) is 10.8. The van der Waals surface area contributed by atoms with Crippen LogP contribution in [0, 0.1) is 5.92 Å². The van der Waals surface area contributed by atoms with E-state index in [1.54, 1.807) is 0 Å². The van der Waals surface area contributed by atoms with Crippen molar-refractivity contribution >= 4 is 17.6 Å². The summed E-state index contributed by atoms with van der Waals surface area (Å²) in [7, 11) is 1.39. The van der Waals surface area contributed by atoms with Crippen LogP contribution < -0.4 is 0 Å². The fourth-order valence-corrected chi connectivity index (χ4v) is 1.22. The molecule has 0 aromatic rings. The first-order chi connectivity index (χ1) is 5.27. The van der Waals surface area contributed by atoms with Gasteiger partial charge >= 0.3 is 5.97 Å². The molecule has 0 amide bonds. The van der Waals surface area contributed by atoms with Gasteiger partial charge in [-0.05, 0) is 24.3 Å². The minimum absolute atomic E-state index is 0.205. The molecule has 0 radical (unpaired) electrons. The highest BCUT2D eigenvalue weighted by atomic mass is 35.5. The van der Waals surface area contributed by atoms with E-state index in [9.17, 15) is 4.79 Å². The second-order valence-electron chi connectivity index (χ2n) is 2.71. The van der Waals surface area contributed by atoms with Gasteiger partial charge in [0.1, 0.15) is 0 Å². The fourth-order valence-electron chi connectivity index (χ4n) is 0.965. The second kappa shape index (κ2) is 3.77. The first kappa shape index (κ1) is 8.60. The highest BCUT2D eigenvalue weighted by molar-refractivity contribution is 6.25. The van der Waals surface area contributed by atoms with Gasteiger partial charge in [0.2, 0.25) is 0 Å². The van der Waals surface area contributed by atoms with E-state index in [0.29, 0.717) is 12.3 Å². The van der Waals surface area contributed by atoms with Gasteiger partial charge in [-0.15, -0.1) is 0 Å². The molecule has 3 heteroatoms. The van der Waals surface area contributed by atoms with Gasteiger partial charge < -0.3 is 4.74 Å². The SMILES string of the molecule is COC(=O)C/C(=C/Cl)C1CC1. The van der Waals surface area contributed by atoms with Crippen molar-refractivity contribution in [2.45, 2.75) is 19.3 Å². The Balaban J connectivity index is 2.38. The van der Waals surface area contributed by atoms with Gasteiger partial charge in [-0.25, -0.2) is 0 Å². The molecule has 1 saturated carbocycles. The maximum Gasteiger partial charge on any atom is 0.309 e. The minimum Gasteiger partial charge on any atom is -0.469 e. The van der Waals surface area contributed by atoms with Crippen molar-refractivity contribution in [3.63, 3.8) is 0 Å². The van der Waals surface area contributed by atoms with E-state index in [1.165, 1.54) is 12.6 Å². The summed E-state index contributed by atoms with van der Waals surface area (Å²) in [6, 6.07) is 0. The first-order valence-corrected chi connectivity index (χ1v) is 4.07. The molecule has 0 bridgehead atoms. The number of rotatable bonds is 3. The lowest BCUT2D eigenvalue weighted by Gasteiger charge is -2.01. The molecule has 0 aliphatic heterocycles. The molecule has 1 fully saturated rings. The fraction of sp³-hybridized carbons (Fsp3) is 0.625. The number of methoxy groups -OCH3 is 1. The average Bonchev–Trinajstić information content (AvgIpc) is 2.82. The van der Waals surface area contributed by atoms with Crippen LogP contribution in [0.3, 0.4) is 0 Å². The second-order valence-corrected chi connectivity index (χ2v) is 2.93. The standard InChI is InChI=1S/C8H11ClO2/c1-11-8(10)4-7(5-9)6-2-3-6/h5-6H,2-4H2,1H3/b7-5-. The van der Waals surface area contributed by atoms with E-state index in [0.717, 1.165) is 18.4 Å². The van der Waals surface area contributed by atoms with Crippen molar-refractivity contribution in [3.8, 4) is 0 Å². The predicted octanol–water partition coefficient (Wildman–Crippen LogP) is 2.08. The Morgan fingerprint density at radius 2 is 2.36 bits per heavy atom. The van der Waals surface area contributed by atoms with E-state index in [4.69, 9.17) is 11.6 Å². The van der Waals surface area contributed by atoms with E-state index < -0.39 is 0 Å². The molecule has 2 nitrogen and oxygen atoms in total. The molecule has 0 N–H and O–H groups in total. The van der Waals surface area contributed by atoms with Crippen molar-refractivity contribution in [3.05, 3.63) is 11.1 Å². The molecular formula is C8H11ClO2. The number of esters is 1. The largest absolute Gasteiger partial charge is 0.469 e. The summed E-state index contributed by atoms with van der Waals surface area (Å²) in [6.45, 7) is 0. The molecule has 1 aliphatic carbocycles. The van der Waals surface area contributed by atoms with Crippen molar-refractivity contribution < 1.29 is 9.53 Å². The number of carbonyl (C=O) groups excluding carboxylic acids is 1. The van der Waals surface area contributed by atoms with E-state index >= 15 is 0 Å². The zero-order valence-corrected chi connectivity index (χ0v) is 7.23. The maximum absolute atomic E-state index is 10.8. The zero-order valence-electron chi connectivity index (χ0n) is 6.47. The lowest BCUT2D eigenvalue weighted by molar-refractivity contribution is -0.139. The van der Waals surface area contributed by atoms with Crippen molar-refractivity contribution in [1.82, 2.24) is 0 Å². The van der Waals surface area contributed by atoms with Gasteiger partial charge in [0, 0.05) is 5.54 Å². The molecular weight excluding hydrogens is 164 g/mol. The molecule has 0 atom stereocenters. The molecule has 1 rings (SSSR count). The van der Waals surface area contributed by atoms with Crippen molar-refractivity contribution in [2.75, 3.05) is 7.11 Å². The maximum atomic E-state index is 10.8. The summed E-state index contributed by atoms with van der Waals surface area (Å²) in [6.07, 6.45) is 2.68. The third-order valence-corrected chi connectivity index (χ3v) is 2.10. The number of carbonyl (C=O) groups is 1. The molecule has 11 heavy (non-hydrogen) atoms. The summed E-state index contributed by atoms with van der Waals surface area (Å²) in [5, 5.41) is 0. The van der Waals surface area contributed by atoms with Gasteiger partial charge in [0.05, 0.1) is 13.5 Å². The van der Waals surface area contributed by atoms with Crippen LogP contribution in [0.1, 0.15) is 19.3 Å². The highest BCUT2D eigenvalue weighted by Crippen LogP contribution is 2.38. The van der Waals surface area contributed by atoms with Crippen LogP contribution in [0.15, 0.2) is 11.1 Å². The molecule has 0 heterocycles. The van der Waals surface area contributed by atoms with E-state index in [2.05, 4.69) is 4.74 Å². The Bertz CT molecular complexity index is 183. The lowest BCUT2D eigenvalue weighted by Crippen LogP contribution is -2.02. The predicted molar refractivity (Wildman–Crippen MR) is 43.3 cm³/mol. The number of halogens is 1. The normalized spacial score (nSPS) is 18.2. The van der Waals surface area contributed by atoms with Gasteiger partial charge in [-0.1, -0.05) is 11.6 Å². The van der Waals surface area contributed by atoms with Crippen LogP contribution in [0.5, 0.6) is 0 Å². The summed E-state index contributed by atoms with van der Waals surface area (Å²) < 4.78 is 4.52. The Kier molecular flexibility index (Phi) is 2.94. The molecule has 0 aromatic heterocycles. The Labute approximate surface area is 71.2 Å². The van der Waals surface area contributed by atoms with Gasteiger partial charge in [0.15, 0.2) is 0 Å². The van der Waals surface area contributed by atoms with Gasteiger partial charge in [-0.3, -0.25) is 4.79 Å². The summed E-state index contributed by atoms with van der Waals surface area (Å²) >= 11 is 5.53. The van der Waals surface area contributed by atoms with Gasteiger partial charge in [-0.2, -0.15) is 0 Å². The van der Waals surface area contributed by atoms with E-state index in [1.807, 2.05) is 0 Å². The van der Waals surface area contributed by atoms with Crippen molar-refractivity contribution in [2.24, 2.45) is 5.92 Å². The lowest BCUT2D eigenvalue weighted by atomic mass is 10.1. The zero-order chi connectivity index (χ0) is 8.27. The Morgan fingerprint density at radius 3 is 2.73 bits per heavy atom. The van der Waals surface area contributed by atoms with Crippen LogP contribution >= 0.6 is 11.6 Å². The third-order valence-electron chi connectivity index (χ3n) is 1.82. The van der Waals surface area contributed by atoms with Crippen LogP contribution in [0.4, 0.5) is 0 Å². The van der Waals surface area contributed by atoms with Crippen LogP contribution in [-0.4, -0.2) is 13.1 Å². The summed E-state index contributed by atoms with van der Waals surface area (Å²) in [5.41, 5.74) is 2.52. The minimum atomic E-state index is -0.205. The van der Waals surface area contributed by atoms with Crippen LogP contribution in [-0.2, 0) is 9.53 Å². The summed E-state index contributed by atoms with van der Waals surface area (Å²) in [5.74, 6) is 0.343. The molecule has 1 aliphatic rings. The number of hydrogen-bond donors (Lipinski definition) is 0. The van der Waals surface area contributed by atoms with Crippen LogP contribution in [0.2, 0.25) is 0 Å². The highest BCUT2D eigenvalue weighted by Gasteiger charge is 2.27. The Hall–Kier alpha value is -0.500. The monoisotopic (exact) mass is 174 g/mol. The quantitative estimate of drug-likeness (QED) is 0.613. The Morgan fingerprint density at radius 1 is 1.73 bits per heavy atom. The third kappa shape index (κ3) is 2.54. The average molecular weight is 175 g/mol.